The Bertz CT molecular complexity index is 420. The maximum atomic E-state index is 11.8. The molecule has 1 aliphatic heterocycles. The van der Waals surface area contributed by atoms with E-state index >= 15 is 0 Å². The lowest BCUT2D eigenvalue weighted by molar-refractivity contribution is -0.117. The van der Waals surface area contributed by atoms with Crippen LogP contribution in [0.15, 0.2) is 18.2 Å². The normalized spacial score (nSPS) is 17.8. The molecule has 92 valence electrons. The fraction of sp³-hybridized carbons (Fsp3) is 0.417. The standard InChI is InChI=1S/C12H17N3O2/c1-17-8-3-4-9-10(7-8)15-12(16)11(9)14-6-2-5-13/h3-4,7,11,14H,2,5-6,13H2,1H3,(H,15,16). The Morgan fingerprint density at radius 1 is 1.53 bits per heavy atom. The largest absolute Gasteiger partial charge is 0.497 e. The van der Waals surface area contributed by atoms with Gasteiger partial charge >= 0.3 is 0 Å². The van der Waals surface area contributed by atoms with Gasteiger partial charge in [-0.2, -0.15) is 0 Å². The number of hydrogen-bond acceptors (Lipinski definition) is 4. The van der Waals surface area contributed by atoms with Crippen molar-refractivity contribution in [2.24, 2.45) is 5.73 Å². The molecule has 0 spiro atoms. The lowest BCUT2D eigenvalue weighted by Gasteiger charge is -2.10. The fourth-order valence-corrected chi connectivity index (χ4v) is 1.92. The third-order valence-electron chi connectivity index (χ3n) is 2.82. The second-order valence-electron chi connectivity index (χ2n) is 3.97. The van der Waals surface area contributed by atoms with Gasteiger partial charge in [-0.25, -0.2) is 0 Å². The molecule has 5 nitrogen and oxygen atoms in total. The average Bonchev–Trinajstić information content (AvgIpc) is 2.65. The summed E-state index contributed by atoms with van der Waals surface area (Å²) < 4.78 is 5.12. The van der Waals surface area contributed by atoms with Crippen molar-refractivity contribution < 1.29 is 9.53 Å². The molecule has 1 aromatic carbocycles. The number of carbonyl (C=O) groups is 1. The van der Waals surface area contributed by atoms with Gasteiger partial charge in [0.1, 0.15) is 11.8 Å². The minimum absolute atomic E-state index is 0.0229. The Morgan fingerprint density at radius 2 is 2.35 bits per heavy atom. The number of hydrogen-bond donors (Lipinski definition) is 3. The van der Waals surface area contributed by atoms with Gasteiger partial charge in [-0.1, -0.05) is 6.07 Å². The molecular formula is C12H17N3O2. The van der Waals surface area contributed by atoms with E-state index in [2.05, 4.69) is 10.6 Å². The molecule has 1 amide bonds. The van der Waals surface area contributed by atoms with E-state index in [1.54, 1.807) is 7.11 Å². The molecule has 0 fully saturated rings. The van der Waals surface area contributed by atoms with Gasteiger partial charge in [0, 0.05) is 17.3 Å². The van der Waals surface area contributed by atoms with Crippen molar-refractivity contribution in [3.8, 4) is 5.75 Å². The Labute approximate surface area is 100 Å². The van der Waals surface area contributed by atoms with E-state index < -0.39 is 0 Å². The Balaban J connectivity index is 2.13. The van der Waals surface area contributed by atoms with Gasteiger partial charge in [-0.15, -0.1) is 0 Å². The summed E-state index contributed by atoms with van der Waals surface area (Å²) in [7, 11) is 1.61. The molecule has 1 heterocycles. The minimum atomic E-state index is -0.276. The quantitative estimate of drug-likeness (QED) is 0.654. The number of ether oxygens (including phenoxy) is 1. The summed E-state index contributed by atoms with van der Waals surface area (Å²) in [5, 5.41) is 6.03. The van der Waals surface area contributed by atoms with E-state index in [1.165, 1.54) is 0 Å². The first-order valence-corrected chi connectivity index (χ1v) is 5.68. The van der Waals surface area contributed by atoms with E-state index in [4.69, 9.17) is 10.5 Å². The van der Waals surface area contributed by atoms with Gasteiger partial charge < -0.3 is 21.1 Å². The van der Waals surface area contributed by atoms with Crippen molar-refractivity contribution in [1.29, 1.82) is 0 Å². The van der Waals surface area contributed by atoms with Crippen LogP contribution in [0, 0.1) is 0 Å². The van der Waals surface area contributed by atoms with Crippen molar-refractivity contribution in [2.75, 3.05) is 25.5 Å². The zero-order valence-corrected chi connectivity index (χ0v) is 9.82. The molecule has 1 aliphatic rings. The Morgan fingerprint density at radius 3 is 3.06 bits per heavy atom. The molecule has 0 saturated carbocycles. The van der Waals surface area contributed by atoms with E-state index in [1.807, 2.05) is 18.2 Å². The zero-order chi connectivity index (χ0) is 12.3. The highest BCUT2D eigenvalue weighted by molar-refractivity contribution is 6.02. The van der Waals surface area contributed by atoms with Gasteiger partial charge in [-0.05, 0) is 25.6 Å². The van der Waals surface area contributed by atoms with Gasteiger partial charge in [0.15, 0.2) is 0 Å². The smallest absolute Gasteiger partial charge is 0.246 e. The summed E-state index contributed by atoms with van der Waals surface area (Å²) in [6.45, 7) is 1.36. The molecule has 0 radical (unpaired) electrons. The number of benzene rings is 1. The summed E-state index contributed by atoms with van der Waals surface area (Å²) in [5.74, 6) is 0.719. The molecular weight excluding hydrogens is 218 g/mol. The van der Waals surface area contributed by atoms with Crippen LogP contribution in [0.5, 0.6) is 5.75 Å². The molecule has 5 heteroatoms. The number of nitrogens with one attached hydrogen (secondary N) is 2. The maximum absolute atomic E-state index is 11.8. The highest BCUT2D eigenvalue weighted by Gasteiger charge is 2.29. The summed E-state index contributed by atoms with van der Waals surface area (Å²) in [6.07, 6.45) is 0.856. The molecule has 1 unspecified atom stereocenters. The van der Waals surface area contributed by atoms with E-state index in [0.717, 1.165) is 30.0 Å². The molecule has 1 aromatic rings. The van der Waals surface area contributed by atoms with Crippen LogP contribution in [0.2, 0.25) is 0 Å². The van der Waals surface area contributed by atoms with Gasteiger partial charge in [0.25, 0.3) is 0 Å². The molecule has 0 aromatic heterocycles. The number of carbonyl (C=O) groups excluding carboxylic acids is 1. The summed E-state index contributed by atoms with van der Waals surface area (Å²) in [5.41, 5.74) is 7.21. The van der Waals surface area contributed by atoms with Crippen molar-refractivity contribution in [3.63, 3.8) is 0 Å². The van der Waals surface area contributed by atoms with Crippen LogP contribution in [-0.4, -0.2) is 26.1 Å². The van der Waals surface area contributed by atoms with Crippen LogP contribution in [0.1, 0.15) is 18.0 Å². The molecule has 2 rings (SSSR count). The molecule has 17 heavy (non-hydrogen) atoms. The van der Waals surface area contributed by atoms with Crippen LogP contribution in [-0.2, 0) is 4.79 Å². The van der Waals surface area contributed by atoms with Crippen molar-refractivity contribution in [3.05, 3.63) is 23.8 Å². The highest BCUT2D eigenvalue weighted by Crippen LogP contribution is 2.33. The fourth-order valence-electron chi connectivity index (χ4n) is 1.92. The van der Waals surface area contributed by atoms with Crippen LogP contribution in [0.3, 0.4) is 0 Å². The van der Waals surface area contributed by atoms with Gasteiger partial charge in [-0.3, -0.25) is 4.79 Å². The van der Waals surface area contributed by atoms with E-state index in [9.17, 15) is 4.79 Å². The van der Waals surface area contributed by atoms with Crippen LogP contribution in [0.4, 0.5) is 5.69 Å². The topological polar surface area (TPSA) is 76.4 Å². The van der Waals surface area contributed by atoms with Gasteiger partial charge in [0.05, 0.1) is 7.11 Å². The third kappa shape index (κ3) is 2.40. The first-order chi connectivity index (χ1) is 8.26. The van der Waals surface area contributed by atoms with Crippen LogP contribution < -0.4 is 21.1 Å². The highest BCUT2D eigenvalue weighted by atomic mass is 16.5. The minimum Gasteiger partial charge on any atom is -0.497 e. The van der Waals surface area contributed by atoms with Gasteiger partial charge in [0.2, 0.25) is 5.91 Å². The molecule has 0 bridgehead atoms. The lowest BCUT2D eigenvalue weighted by Crippen LogP contribution is -2.29. The Kier molecular flexibility index (Phi) is 3.61. The molecule has 4 N–H and O–H groups in total. The Hall–Kier alpha value is -1.59. The SMILES string of the molecule is COc1ccc2c(c1)NC(=O)C2NCCCN. The summed E-state index contributed by atoms with van der Waals surface area (Å²) in [6, 6.07) is 5.32. The molecule has 1 atom stereocenters. The second kappa shape index (κ2) is 5.16. The third-order valence-corrected chi connectivity index (χ3v) is 2.82. The van der Waals surface area contributed by atoms with Crippen molar-refractivity contribution >= 4 is 11.6 Å². The van der Waals surface area contributed by atoms with Crippen LogP contribution in [0.25, 0.3) is 0 Å². The predicted molar refractivity (Wildman–Crippen MR) is 66.0 cm³/mol. The first kappa shape index (κ1) is 11.9. The van der Waals surface area contributed by atoms with E-state index in [-0.39, 0.29) is 11.9 Å². The number of rotatable bonds is 5. The number of anilines is 1. The van der Waals surface area contributed by atoms with E-state index in [0.29, 0.717) is 6.54 Å². The maximum Gasteiger partial charge on any atom is 0.246 e. The lowest BCUT2D eigenvalue weighted by atomic mass is 10.1. The molecule has 0 saturated heterocycles. The first-order valence-electron chi connectivity index (χ1n) is 5.68. The average molecular weight is 235 g/mol. The number of amides is 1. The van der Waals surface area contributed by atoms with Crippen molar-refractivity contribution in [1.82, 2.24) is 5.32 Å². The monoisotopic (exact) mass is 235 g/mol. The predicted octanol–water partition coefficient (Wildman–Crippen LogP) is 0.627. The summed E-state index contributed by atoms with van der Waals surface area (Å²) >= 11 is 0. The number of nitrogens with two attached hydrogens (primary N) is 1. The number of fused-ring (bicyclic) bond motifs is 1. The number of methoxy groups -OCH3 is 1. The zero-order valence-electron chi connectivity index (χ0n) is 9.82. The summed E-state index contributed by atoms with van der Waals surface area (Å²) in [4.78, 5) is 11.8. The molecule has 0 aliphatic carbocycles. The van der Waals surface area contributed by atoms with Crippen LogP contribution >= 0.6 is 0 Å². The van der Waals surface area contributed by atoms with Crippen molar-refractivity contribution in [2.45, 2.75) is 12.5 Å². The second-order valence-corrected chi connectivity index (χ2v) is 3.97.